The summed E-state index contributed by atoms with van der Waals surface area (Å²) in [6.07, 6.45) is 0.00449. The number of hydrogen-bond acceptors (Lipinski definition) is 1. The van der Waals surface area contributed by atoms with Crippen molar-refractivity contribution in [3.63, 3.8) is 0 Å². The van der Waals surface area contributed by atoms with Crippen LogP contribution in [0.15, 0.2) is 42.5 Å². The van der Waals surface area contributed by atoms with Crippen LogP contribution in [0.25, 0.3) is 0 Å². The normalized spacial score (nSPS) is 10.4. The third-order valence-corrected chi connectivity index (χ3v) is 2.84. The molecule has 0 bridgehead atoms. The molecule has 0 atom stereocenters. The molecule has 0 amide bonds. The standard InChI is InChI=1S/C15H12F2O/c1-10-6-7-12(16)8-11(10)9-15(18)13-4-2-3-5-14(13)17/h2-8H,9H2,1H3. The first kappa shape index (κ1) is 12.4. The fourth-order valence-electron chi connectivity index (χ4n) is 1.79. The molecular weight excluding hydrogens is 234 g/mol. The summed E-state index contributed by atoms with van der Waals surface area (Å²) in [6, 6.07) is 10.1. The van der Waals surface area contributed by atoms with E-state index < -0.39 is 11.6 Å². The topological polar surface area (TPSA) is 17.1 Å². The van der Waals surface area contributed by atoms with Gasteiger partial charge in [-0.3, -0.25) is 4.79 Å². The first-order valence-electron chi connectivity index (χ1n) is 5.60. The lowest BCUT2D eigenvalue weighted by molar-refractivity contribution is 0.0989. The zero-order valence-corrected chi connectivity index (χ0v) is 9.91. The fourth-order valence-corrected chi connectivity index (χ4v) is 1.79. The highest BCUT2D eigenvalue weighted by atomic mass is 19.1. The lowest BCUT2D eigenvalue weighted by Gasteiger charge is -2.06. The van der Waals surface area contributed by atoms with E-state index in [1.165, 1.54) is 30.3 Å². The average molecular weight is 246 g/mol. The summed E-state index contributed by atoms with van der Waals surface area (Å²) in [5.41, 5.74) is 1.45. The van der Waals surface area contributed by atoms with Gasteiger partial charge in [0.25, 0.3) is 0 Å². The number of carbonyl (C=O) groups is 1. The summed E-state index contributed by atoms with van der Waals surface area (Å²) in [6.45, 7) is 1.80. The Bertz CT molecular complexity index is 591. The SMILES string of the molecule is Cc1ccc(F)cc1CC(=O)c1ccccc1F. The van der Waals surface area contributed by atoms with Crippen molar-refractivity contribution in [3.05, 3.63) is 70.8 Å². The molecule has 92 valence electrons. The van der Waals surface area contributed by atoms with Gasteiger partial charge in [0.2, 0.25) is 0 Å². The van der Waals surface area contributed by atoms with E-state index in [0.29, 0.717) is 5.56 Å². The number of hydrogen-bond donors (Lipinski definition) is 0. The molecule has 0 heterocycles. The van der Waals surface area contributed by atoms with Crippen LogP contribution in [0.1, 0.15) is 21.5 Å². The third kappa shape index (κ3) is 2.62. The van der Waals surface area contributed by atoms with E-state index in [2.05, 4.69) is 0 Å². The fraction of sp³-hybridized carbons (Fsp3) is 0.133. The van der Waals surface area contributed by atoms with Gasteiger partial charge in [-0.2, -0.15) is 0 Å². The van der Waals surface area contributed by atoms with Crippen molar-refractivity contribution in [1.29, 1.82) is 0 Å². The van der Waals surface area contributed by atoms with Crippen LogP contribution >= 0.6 is 0 Å². The van der Waals surface area contributed by atoms with E-state index in [4.69, 9.17) is 0 Å². The number of benzene rings is 2. The Kier molecular flexibility index (Phi) is 3.51. The molecular formula is C15H12F2O. The van der Waals surface area contributed by atoms with Gasteiger partial charge in [-0.1, -0.05) is 18.2 Å². The Labute approximate surface area is 104 Å². The summed E-state index contributed by atoms with van der Waals surface area (Å²) in [5.74, 6) is -1.28. The highest BCUT2D eigenvalue weighted by Gasteiger charge is 2.13. The van der Waals surface area contributed by atoms with Crippen LogP contribution in [0.4, 0.5) is 8.78 Å². The molecule has 18 heavy (non-hydrogen) atoms. The number of Topliss-reactive ketones (excluding diaryl/α,β-unsaturated/α-hetero) is 1. The summed E-state index contributed by atoms with van der Waals surface area (Å²) >= 11 is 0. The first-order valence-corrected chi connectivity index (χ1v) is 5.60. The van der Waals surface area contributed by atoms with Crippen molar-refractivity contribution in [2.75, 3.05) is 0 Å². The smallest absolute Gasteiger partial charge is 0.170 e. The molecule has 0 aliphatic carbocycles. The van der Waals surface area contributed by atoms with E-state index in [9.17, 15) is 13.6 Å². The Morgan fingerprint density at radius 3 is 2.56 bits per heavy atom. The second-order valence-electron chi connectivity index (χ2n) is 4.15. The molecule has 0 aliphatic heterocycles. The van der Waals surface area contributed by atoms with Crippen molar-refractivity contribution in [2.45, 2.75) is 13.3 Å². The van der Waals surface area contributed by atoms with Gasteiger partial charge in [-0.15, -0.1) is 0 Å². The number of ketones is 1. The van der Waals surface area contributed by atoms with Crippen LogP contribution in [0, 0.1) is 18.6 Å². The molecule has 0 fully saturated rings. The lowest BCUT2D eigenvalue weighted by Crippen LogP contribution is -2.07. The van der Waals surface area contributed by atoms with Gasteiger partial charge in [-0.25, -0.2) is 8.78 Å². The molecule has 3 heteroatoms. The van der Waals surface area contributed by atoms with E-state index >= 15 is 0 Å². The van der Waals surface area contributed by atoms with Crippen molar-refractivity contribution >= 4 is 5.78 Å². The predicted octanol–water partition coefficient (Wildman–Crippen LogP) is 3.70. The number of rotatable bonds is 3. The van der Waals surface area contributed by atoms with Crippen molar-refractivity contribution in [1.82, 2.24) is 0 Å². The predicted molar refractivity (Wildman–Crippen MR) is 65.6 cm³/mol. The maximum Gasteiger partial charge on any atom is 0.170 e. The molecule has 2 aromatic carbocycles. The molecule has 0 aromatic heterocycles. The highest BCUT2D eigenvalue weighted by molar-refractivity contribution is 5.97. The summed E-state index contributed by atoms with van der Waals surface area (Å²) in [4.78, 5) is 11.9. The van der Waals surface area contributed by atoms with Crippen molar-refractivity contribution < 1.29 is 13.6 Å². The van der Waals surface area contributed by atoms with E-state index in [1.807, 2.05) is 0 Å². The maximum absolute atomic E-state index is 13.4. The minimum Gasteiger partial charge on any atom is -0.294 e. The minimum atomic E-state index is -0.545. The van der Waals surface area contributed by atoms with Crippen LogP contribution in [0.5, 0.6) is 0 Å². The summed E-state index contributed by atoms with van der Waals surface area (Å²) in [7, 11) is 0. The van der Waals surface area contributed by atoms with Gasteiger partial charge in [0.05, 0.1) is 5.56 Å². The van der Waals surface area contributed by atoms with Crippen LogP contribution in [0.3, 0.4) is 0 Å². The molecule has 0 radical (unpaired) electrons. The van der Waals surface area contributed by atoms with Crippen LogP contribution in [0.2, 0.25) is 0 Å². The second kappa shape index (κ2) is 5.08. The number of aryl methyl sites for hydroxylation is 1. The largest absolute Gasteiger partial charge is 0.294 e. The van der Waals surface area contributed by atoms with Gasteiger partial charge in [0.1, 0.15) is 11.6 Å². The Morgan fingerprint density at radius 2 is 1.83 bits per heavy atom. The van der Waals surface area contributed by atoms with Crippen molar-refractivity contribution in [3.8, 4) is 0 Å². The first-order chi connectivity index (χ1) is 8.58. The van der Waals surface area contributed by atoms with Crippen molar-refractivity contribution in [2.24, 2.45) is 0 Å². The van der Waals surface area contributed by atoms with Crippen LogP contribution in [-0.2, 0) is 6.42 Å². The molecule has 0 N–H and O–H groups in total. The number of carbonyl (C=O) groups excluding carboxylic acids is 1. The monoisotopic (exact) mass is 246 g/mol. The molecule has 0 saturated carbocycles. The number of halogens is 2. The maximum atomic E-state index is 13.4. The zero-order chi connectivity index (χ0) is 13.1. The van der Waals surface area contributed by atoms with Gasteiger partial charge < -0.3 is 0 Å². The molecule has 0 unspecified atom stereocenters. The van der Waals surface area contributed by atoms with E-state index in [1.54, 1.807) is 19.1 Å². The lowest BCUT2D eigenvalue weighted by atomic mass is 9.99. The van der Waals surface area contributed by atoms with Gasteiger partial charge in [0.15, 0.2) is 5.78 Å². The zero-order valence-electron chi connectivity index (χ0n) is 9.91. The summed E-state index contributed by atoms with van der Waals surface area (Å²) in [5, 5.41) is 0. The molecule has 1 nitrogen and oxygen atoms in total. The Hall–Kier alpha value is -2.03. The van der Waals surface area contributed by atoms with Crippen LogP contribution in [-0.4, -0.2) is 5.78 Å². The molecule has 2 aromatic rings. The average Bonchev–Trinajstić information content (AvgIpc) is 2.34. The Balaban J connectivity index is 2.27. The minimum absolute atomic E-state index is 0.00449. The van der Waals surface area contributed by atoms with E-state index in [0.717, 1.165) is 5.56 Å². The molecule has 0 aliphatic rings. The highest BCUT2D eigenvalue weighted by Crippen LogP contribution is 2.15. The van der Waals surface area contributed by atoms with Gasteiger partial charge in [-0.05, 0) is 42.3 Å². The molecule has 0 saturated heterocycles. The second-order valence-corrected chi connectivity index (χ2v) is 4.15. The Morgan fingerprint density at radius 1 is 1.11 bits per heavy atom. The van der Waals surface area contributed by atoms with E-state index in [-0.39, 0.29) is 17.8 Å². The molecule has 2 rings (SSSR count). The van der Waals surface area contributed by atoms with Crippen LogP contribution < -0.4 is 0 Å². The third-order valence-electron chi connectivity index (χ3n) is 2.84. The van der Waals surface area contributed by atoms with Gasteiger partial charge in [0, 0.05) is 6.42 Å². The molecule has 0 spiro atoms. The summed E-state index contributed by atoms with van der Waals surface area (Å²) < 4.78 is 26.5. The quantitative estimate of drug-likeness (QED) is 0.755. The van der Waals surface area contributed by atoms with Gasteiger partial charge >= 0.3 is 0 Å².